The highest BCUT2D eigenvalue weighted by Crippen LogP contribution is 2.35. The van der Waals surface area contributed by atoms with Crippen LogP contribution in [0.15, 0.2) is 67.4 Å². The van der Waals surface area contributed by atoms with Crippen molar-refractivity contribution in [2.24, 2.45) is 5.73 Å². The number of benzene rings is 2. The Balaban J connectivity index is 1.28. The second kappa shape index (κ2) is 14.0. The van der Waals surface area contributed by atoms with Gasteiger partial charge in [0.2, 0.25) is 6.79 Å². The summed E-state index contributed by atoms with van der Waals surface area (Å²) >= 11 is 0. The van der Waals surface area contributed by atoms with E-state index >= 15 is 8.78 Å². The van der Waals surface area contributed by atoms with E-state index in [9.17, 15) is 18.7 Å². The van der Waals surface area contributed by atoms with Crippen LogP contribution in [0.4, 0.5) is 29.1 Å². The van der Waals surface area contributed by atoms with Crippen molar-refractivity contribution in [1.82, 2.24) is 24.5 Å². The monoisotopic (exact) mass is 680 g/mol. The molecule has 256 valence electrons. The number of hydrogen-bond acceptors (Lipinski definition) is 11. The van der Waals surface area contributed by atoms with Gasteiger partial charge in [-0.05, 0) is 36.1 Å². The fourth-order valence-corrected chi connectivity index (χ4v) is 5.86. The number of aliphatic hydroxyl groups is 1. The molecule has 6 rings (SSSR count). The van der Waals surface area contributed by atoms with Crippen molar-refractivity contribution < 1.29 is 36.9 Å². The van der Waals surface area contributed by atoms with Crippen molar-refractivity contribution in [2.75, 3.05) is 30.5 Å². The number of nitrogens with two attached hydrogens (primary N) is 2. The smallest absolute Gasteiger partial charge is 0.313 e. The van der Waals surface area contributed by atoms with Gasteiger partial charge in [0.15, 0.2) is 23.0 Å². The number of pyridine rings is 1. The molecular weight excluding hydrogens is 648 g/mol. The molecule has 1 aliphatic rings. The van der Waals surface area contributed by atoms with Crippen LogP contribution >= 0.6 is 0 Å². The lowest BCUT2D eigenvalue weighted by Crippen LogP contribution is -2.63. The Kier molecular flexibility index (Phi) is 9.60. The number of halogens is 4. The number of fused-ring (bicyclic) bond motifs is 1. The summed E-state index contributed by atoms with van der Waals surface area (Å²) in [6.07, 6.45) is -0.363. The fourth-order valence-electron chi connectivity index (χ4n) is 5.86. The van der Waals surface area contributed by atoms with E-state index in [1.54, 1.807) is 33.7 Å². The number of hydrogen-bond donors (Lipinski definition) is 3. The largest absolute Gasteiger partial charge is 0.454 e. The van der Waals surface area contributed by atoms with Gasteiger partial charge in [0.1, 0.15) is 23.8 Å². The number of aromatic nitrogens is 5. The molecule has 5 N–H and O–H groups in total. The molecule has 1 fully saturated rings. The third-order valence-electron chi connectivity index (χ3n) is 8.38. The van der Waals surface area contributed by atoms with Gasteiger partial charge in [0, 0.05) is 24.7 Å². The Morgan fingerprint density at radius 3 is 2.63 bits per heavy atom. The highest BCUT2D eigenvalue weighted by molar-refractivity contribution is 5.81. The first kappa shape index (κ1) is 33.5. The van der Waals surface area contributed by atoms with Crippen LogP contribution in [0.2, 0.25) is 0 Å². The zero-order chi connectivity index (χ0) is 34.7. The SMILES string of the molecule is Nc1ncnc2c1ncn2Cc1cc(-c2cc(F)c(OCOC(=O)Cc3ccccc3)cc2F)ncc1N1CCC[C@](N)([C@H](O)C(F)F)C1. The van der Waals surface area contributed by atoms with Gasteiger partial charge >= 0.3 is 5.97 Å². The molecule has 0 amide bonds. The molecule has 0 aliphatic carbocycles. The predicted octanol–water partition coefficient (Wildman–Crippen LogP) is 3.84. The Morgan fingerprint density at radius 2 is 1.86 bits per heavy atom. The zero-order valence-electron chi connectivity index (χ0n) is 26.0. The summed E-state index contributed by atoms with van der Waals surface area (Å²) in [5.74, 6) is -2.72. The number of anilines is 2. The minimum Gasteiger partial charge on any atom is -0.454 e. The molecule has 1 aliphatic heterocycles. The van der Waals surface area contributed by atoms with Crippen LogP contribution in [0.3, 0.4) is 0 Å². The lowest BCUT2D eigenvalue weighted by Gasteiger charge is -2.44. The number of carbonyl (C=O) groups is 1. The van der Waals surface area contributed by atoms with E-state index in [1.165, 1.54) is 24.9 Å². The van der Waals surface area contributed by atoms with Gasteiger partial charge in [0.25, 0.3) is 6.43 Å². The lowest BCUT2D eigenvalue weighted by atomic mass is 9.84. The molecule has 12 nitrogen and oxygen atoms in total. The topological polar surface area (TPSA) is 168 Å². The summed E-state index contributed by atoms with van der Waals surface area (Å²) in [5.41, 5.74) is 13.0. The van der Waals surface area contributed by atoms with Crippen LogP contribution in [0.1, 0.15) is 24.0 Å². The summed E-state index contributed by atoms with van der Waals surface area (Å²) in [6.45, 7) is -0.252. The molecular formula is C33H32F4N8O4. The van der Waals surface area contributed by atoms with E-state index in [0.717, 1.165) is 17.7 Å². The minimum atomic E-state index is -3.04. The van der Waals surface area contributed by atoms with Crippen molar-refractivity contribution in [3.05, 3.63) is 90.1 Å². The molecule has 0 bridgehead atoms. The van der Waals surface area contributed by atoms with Crippen LogP contribution in [0.25, 0.3) is 22.4 Å². The summed E-state index contributed by atoms with van der Waals surface area (Å²) < 4.78 is 69.7. The van der Waals surface area contributed by atoms with Gasteiger partial charge in [0.05, 0.1) is 42.4 Å². The normalized spacial score (nSPS) is 17.0. The molecule has 3 aromatic heterocycles. The van der Waals surface area contributed by atoms with Crippen molar-refractivity contribution in [3.63, 3.8) is 0 Å². The standard InChI is InChI=1S/C33H32F4N8O4/c34-22-12-26(48-18-49-27(46)9-19-5-2-1-3-6-19)23(35)11-21(22)24-10-20(14-45-17-43-28-31(38)41-16-42-32(28)45)25(13-40-24)44-8-4-7-33(39,15-44)29(47)30(36)37/h1-3,5-6,10-13,16-17,29-30,47H,4,7-9,14-15,18,39H2,(H2,38,41,42)/t29-,33-/m1/s1. The number of esters is 1. The van der Waals surface area contributed by atoms with Crippen LogP contribution < -0.4 is 21.1 Å². The molecule has 0 saturated carbocycles. The van der Waals surface area contributed by atoms with E-state index in [4.69, 9.17) is 20.9 Å². The number of nitrogen functional groups attached to an aromatic ring is 1. The summed E-state index contributed by atoms with van der Waals surface area (Å²) in [7, 11) is 0. The van der Waals surface area contributed by atoms with Crippen LogP contribution in [0, 0.1) is 11.6 Å². The van der Waals surface area contributed by atoms with Crippen LogP contribution in [0.5, 0.6) is 5.75 Å². The van der Waals surface area contributed by atoms with E-state index in [2.05, 4.69) is 19.9 Å². The zero-order valence-corrected chi connectivity index (χ0v) is 26.0. The van der Waals surface area contributed by atoms with E-state index < -0.39 is 48.2 Å². The van der Waals surface area contributed by atoms with E-state index in [1.807, 2.05) is 6.07 Å². The van der Waals surface area contributed by atoms with Gasteiger partial charge in [-0.2, -0.15) is 0 Å². The van der Waals surface area contributed by atoms with Gasteiger partial charge in [-0.25, -0.2) is 32.5 Å². The third-order valence-corrected chi connectivity index (χ3v) is 8.38. The number of imidazole rings is 1. The number of alkyl halides is 2. The van der Waals surface area contributed by atoms with Gasteiger partial charge in [-0.3, -0.25) is 9.78 Å². The van der Waals surface area contributed by atoms with Gasteiger partial charge < -0.3 is 35.5 Å². The molecule has 16 heteroatoms. The average molecular weight is 681 g/mol. The first-order valence-electron chi connectivity index (χ1n) is 15.2. The molecule has 1 saturated heterocycles. The number of nitrogens with zero attached hydrogens (tertiary/aromatic N) is 6. The molecule has 0 radical (unpaired) electrons. The third kappa shape index (κ3) is 7.24. The molecule has 0 unspecified atom stereocenters. The first-order valence-corrected chi connectivity index (χ1v) is 15.2. The summed E-state index contributed by atoms with van der Waals surface area (Å²) in [5, 5.41) is 10.2. The Labute approximate surface area is 277 Å². The Bertz CT molecular complexity index is 1960. The van der Waals surface area contributed by atoms with Crippen molar-refractivity contribution in [3.8, 4) is 17.0 Å². The molecule has 49 heavy (non-hydrogen) atoms. The highest BCUT2D eigenvalue weighted by atomic mass is 19.3. The number of rotatable bonds is 11. The number of carbonyl (C=O) groups excluding carboxylic acids is 1. The molecule has 2 aromatic carbocycles. The van der Waals surface area contributed by atoms with E-state index in [0.29, 0.717) is 35.4 Å². The fraction of sp³-hybridized carbons (Fsp3) is 0.303. The molecule has 0 spiro atoms. The quantitative estimate of drug-likeness (QED) is 0.105. The van der Waals surface area contributed by atoms with Crippen LogP contribution in [-0.4, -0.2) is 73.5 Å². The number of piperidine rings is 1. The lowest BCUT2D eigenvalue weighted by molar-refractivity contribution is -0.149. The average Bonchev–Trinajstić information content (AvgIpc) is 3.50. The van der Waals surface area contributed by atoms with Crippen molar-refractivity contribution in [1.29, 1.82) is 0 Å². The molecule has 4 heterocycles. The maximum absolute atomic E-state index is 15.5. The first-order chi connectivity index (χ1) is 23.5. The van der Waals surface area contributed by atoms with Gasteiger partial charge in [-0.1, -0.05) is 30.3 Å². The minimum absolute atomic E-state index is 0.0182. The van der Waals surface area contributed by atoms with Gasteiger partial charge in [-0.15, -0.1) is 0 Å². The summed E-state index contributed by atoms with van der Waals surface area (Å²) in [4.78, 5) is 30.7. The highest BCUT2D eigenvalue weighted by Gasteiger charge is 2.43. The predicted molar refractivity (Wildman–Crippen MR) is 171 cm³/mol. The van der Waals surface area contributed by atoms with Crippen molar-refractivity contribution in [2.45, 2.75) is 43.9 Å². The Morgan fingerprint density at radius 1 is 1.06 bits per heavy atom. The Hall–Kier alpha value is -5.35. The maximum Gasteiger partial charge on any atom is 0.313 e. The van der Waals surface area contributed by atoms with Crippen LogP contribution in [-0.2, 0) is 22.5 Å². The maximum atomic E-state index is 15.5. The number of aliphatic hydroxyl groups excluding tert-OH is 1. The number of ether oxygens (including phenoxy) is 2. The molecule has 2 atom stereocenters. The molecule has 5 aromatic rings. The second-order valence-electron chi connectivity index (χ2n) is 11.7. The van der Waals surface area contributed by atoms with Crippen molar-refractivity contribution >= 4 is 28.6 Å². The second-order valence-corrected chi connectivity index (χ2v) is 11.7. The summed E-state index contributed by atoms with van der Waals surface area (Å²) in [6, 6.07) is 12.1. The van der Waals surface area contributed by atoms with E-state index in [-0.39, 0.29) is 43.0 Å².